The third kappa shape index (κ3) is 24.9. The van der Waals surface area contributed by atoms with Gasteiger partial charge < -0.3 is 15.1 Å². The summed E-state index contributed by atoms with van der Waals surface area (Å²) >= 11 is 0. The topological polar surface area (TPSA) is 75.7 Å². The van der Waals surface area contributed by atoms with E-state index in [1.54, 1.807) is 0 Å². The Labute approximate surface area is 61.6 Å². The Morgan fingerprint density at radius 3 is 1.90 bits per heavy atom. The van der Waals surface area contributed by atoms with Crippen molar-refractivity contribution in [3.8, 4) is 0 Å². The summed E-state index contributed by atoms with van der Waals surface area (Å²) in [5.74, 6) is 4.71. The molecule has 0 aliphatic rings. The maximum atomic E-state index is 7.62. The largest absolute Gasteiger partial charge is 0.394 e. The lowest BCUT2D eigenvalue weighted by Crippen LogP contribution is -1.99. The molecular formula is C6H17NO3. The number of unbranched alkanes of at least 4 members (excludes halogenated alkanes) is 1. The summed E-state index contributed by atoms with van der Waals surface area (Å²) in [5, 5.41) is 15.2. The highest BCUT2D eigenvalue weighted by molar-refractivity contribution is 4.25. The van der Waals surface area contributed by atoms with Gasteiger partial charge in [0.25, 0.3) is 0 Å². The Kier molecular flexibility index (Phi) is 19.9. The second-order valence-electron chi connectivity index (χ2n) is 1.67. The summed E-state index contributed by atoms with van der Waals surface area (Å²) in [7, 11) is 0. The summed E-state index contributed by atoms with van der Waals surface area (Å²) in [6.07, 6.45) is 2.22. The molecule has 0 saturated heterocycles. The Balaban J connectivity index is 0. The van der Waals surface area contributed by atoms with Gasteiger partial charge in [0, 0.05) is 0 Å². The Hall–Kier alpha value is -0.160. The van der Waals surface area contributed by atoms with Crippen LogP contribution in [0.2, 0.25) is 0 Å². The molecule has 0 aromatic carbocycles. The van der Waals surface area contributed by atoms with Crippen LogP contribution in [0.5, 0.6) is 0 Å². The van der Waals surface area contributed by atoms with Crippen LogP contribution in [0.4, 0.5) is 0 Å². The zero-order valence-electron chi connectivity index (χ0n) is 6.42. The smallest absolute Gasteiger partial charge is 0.0679 e. The third-order valence-electron chi connectivity index (χ3n) is 0.716. The Bertz CT molecular complexity index is 38.0. The lowest BCUT2D eigenvalue weighted by Gasteiger charge is -1.88. The normalized spacial score (nSPS) is 8.40. The van der Waals surface area contributed by atoms with Crippen LogP contribution in [0.1, 0.15) is 19.8 Å². The molecule has 0 rings (SSSR count). The Morgan fingerprint density at radius 2 is 1.80 bits per heavy atom. The highest BCUT2D eigenvalue weighted by Gasteiger charge is 1.75. The van der Waals surface area contributed by atoms with Crippen LogP contribution < -0.4 is 5.90 Å². The van der Waals surface area contributed by atoms with Crippen molar-refractivity contribution in [3.05, 3.63) is 0 Å². The molecule has 0 aliphatic carbocycles. The first-order chi connectivity index (χ1) is 4.83. The molecule has 0 amide bonds. The molecule has 4 heteroatoms. The van der Waals surface area contributed by atoms with Gasteiger partial charge in [0.05, 0.1) is 19.8 Å². The number of aliphatic hydroxyl groups excluding tert-OH is 2. The van der Waals surface area contributed by atoms with Gasteiger partial charge in [-0.25, -0.2) is 5.90 Å². The molecular weight excluding hydrogens is 134 g/mol. The van der Waals surface area contributed by atoms with Crippen molar-refractivity contribution in [1.82, 2.24) is 0 Å². The van der Waals surface area contributed by atoms with Gasteiger partial charge in [-0.1, -0.05) is 13.3 Å². The lowest BCUT2D eigenvalue weighted by molar-refractivity contribution is 0.135. The summed E-state index contributed by atoms with van der Waals surface area (Å²) in [6.45, 7) is 2.54. The van der Waals surface area contributed by atoms with Crippen LogP contribution in [-0.2, 0) is 4.84 Å². The molecule has 0 saturated carbocycles. The van der Waals surface area contributed by atoms with Crippen LogP contribution >= 0.6 is 0 Å². The third-order valence-corrected chi connectivity index (χ3v) is 0.716. The number of aliphatic hydroxyl groups is 2. The first-order valence-electron chi connectivity index (χ1n) is 3.36. The molecule has 0 bridgehead atoms. The van der Waals surface area contributed by atoms with Gasteiger partial charge in [-0.2, -0.15) is 0 Å². The quantitative estimate of drug-likeness (QED) is 0.379. The molecule has 64 valence electrons. The SMILES string of the molecule is CCCCON.OCCO. The van der Waals surface area contributed by atoms with Gasteiger partial charge in [0.1, 0.15) is 0 Å². The van der Waals surface area contributed by atoms with Crippen molar-refractivity contribution in [2.45, 2.75) is 19.8 Å². The molecule has 0 aliphatic heterocycles. The van der Waals surface area contributed by atoms with E-state index >= 15 is 0 Å². The molecule has 0 spiro atoms. The van der Waals surface area contributed by atoms with Gasteiger partial charge in [0.2, 0.25) is 0 Å². The fraction of sp³-hybridized carbons (Fsp3) is 1.00. The summed E-state index contributed by atoms with van der Waals surface area (Å²) in [5.41, 5.74) is 0. The van der Waals surface area contributed by atoms with E-state index in [1.165, 1.54) is 0 Å². The van der Waals surface area contributed by atoms with Gasteiger partial charge in [-0.15, -0.1) is 0 Å². The fourth-order valence-corrected chi connectivity index (χ4v) is 0.228. The second-order valence-corrected chi connectivity index (χ2v) is 1.67. The summed E-state index contributed by atoms with van der Waals surface area (Å²) in [6, 6.07) is 0. The highest BCUT2D eigenvalue weighted by atomic mass is 16.6. The average Bonchev–Trinajstić information content (AvgIpc) is 2.01. The Morgan fingerprint density at radius 1 is 1.30 bits per heavy atom. The maximum absolute atomic E-state index is 7.62. The molecule has 0 aromatic rings. The van der Waals surface area contributed by atoms with Gasteiger partial charge >= 0.3 is 0 Å². The van der Waals surface area contributed by atoms with Crippen molar-refractivity contribution in [1.29, 1.82) is 0 Å². The minimum absolute atomic E-state index is 0.125. The molecule has 4 nitrogen and oxygen atoms in total. The van der Waals surface area contributed by atoms with Gasteiger partial charge in [0.15, 0.2) is 0 Å². The van der Waals surface area contributed by atoms with E-state index in [4.69, 9.17) is 16.1 Å². The van der Waals surface area contributed by atoms with Crippen molar-refractivity contribution >= 4 is 0 Å². The predicted molar refractivity (Wildman–Crippen MR) is 39.2 cm³/mol. The van der Waals surface area contributed by atoms with E-state index in [2.05, 4.69) is 11.8 Å². The van der Waals surface area contributed by atoms with E-state index in [0.717, 1.165) is 12.8 Å². The van der Waals surface area contributed by atoms with Crippen molar-refractivity contribution in [2.75, 3.05) is 19.8 Å². The molecule has 10 heavy (non-hydrogen) atoms. The molecule has 0 aromatic heterocycles. The summed E-state index contributed by atoms with van der Waals surface area (Å²) in [4.78, 5) is 4.28. The van der Waals surface area contributed by atoms with Crippen LogP contribution in [0.15, 0.2) is 0 Å². The maximum Gasteiger partial charge on any atom is 0.0679 e. The van der Waals surface area contributed by atoms with E-state index < -0.39 is 0 Å². The van der Waals surface area contributed by atoms with Crippen molar-refractivity contribution in [2.24, 2.45) is 5.90 Å². The van der Waals surface area contributed by atoms with E-state index in [-0.39, 0.29) is 13.2 Å². The van der Waals surface area contributed by atoms with Gasteiger partial charge in [-0.05, 0) is 6.42 Å². The predicted octanol–water partition coefficient (Wildman–Crippen LogP) is -0.352. The minimum Gasteiger partial charge on any atom is -0.394 e. The number of hydrogen-bond donors (Lipinski definition) is 3. The minimum atomic E-state index is -0.125. The molecule has 0 fully saturated rings. The average molecular weight is 151 g/mol. The zero-order chi connectivity index (χ0) is 8.24. The fourth-order valence-electron chi connectivity index (χ4n) is 0.228. The van der Waals surface area contributed by atoms with Gasteiger partial charge in [-0.3, -0.25) is 0 Å². The standard InChI is InChI=1S/C4H11NO.C2H6O2/c1-2-3-4-6-5;3-1-2-4/h2-5H2,1H3;3-4H,1-2H2. The lowest BCUT2D eigenvalue weighted by atomic mass is 10.4. The molecule has 0 heterocycles. The molecule has 0 atom stereocenters. The van der Waals surface area contributed by atoms with E-state index in [9.17, 15) is 0 Å². The summed E-state index contributed by atoms with van der Waals surface area (Å²) < 4.78 is 0. The number of rotatable bonds is 4. The van der Waals surface area contributed by atoms with Crippen molar-refractivity contribution < 1.29 is 15.1 Å². The van der Waals surface area contributed by atoms with Crippen LogP contribution in [0.25, 0.3) is 0 Å². The highest BCUT2D eigenvalue weighted by Crippen LogP contribution is 1.82. The van der Waals surface area contributed by atoms with E-state index in [1.807, 2.05) is 0 Å². The first-order valence-corrected chi connectivity index (χ1v) is 3.36. The monoisotopic (exact) mass is 151 g/mol. The number of hydrogen-bond acceptors (Lipinski definition) is 4. The van der Waals surface area contributed by atoms with Crippen LogP contribution in [0.3, 0.4) is 0 Å². The van der Waals surface area contributed by atoms with Crippen LogP contribution in [-0.4, -0.2) is 30.0 Å². The molecule has 0 unspecified atom stereocenters. The molecule has 0 radical (unpaired) electrons. The second kappa shape index (κ2) is 15.9. The van der Waals surface area contributed by atoms with Crippen molar-refractivity contribution in [3.63, 3.8) is 0 Å². The molecule has 4 N–H and O–H groups in total. The van der Waals surface area contributed by atoms with E-state index in [0.29, 0.717) is 6.61 Å². The number of nitrogens with two attached hydrogens (primary N) is 1. The first kappa shape index (κ1) is 12.5. The zero-order valence-corrected chi connectivity index (χ0v) is 6.42. The van der Waals surface area contributed by atoms with Crippen LogP contribution in [0, 0.1) is 0 Å².